The van der Waals surface area contributed by atoms with Crippen LogP contribution in [0.5, 0.6) is 5.75 Å². The van der Waals surface area contributed by atoms with Crippen LogP contribution in [0.3, 0.4) is 0 Å². The molecule has 0 fully saturated rings. The van der Waals surface area contributed by atoms with Crippen molar-refractivity contribution in [2.24, 2.45) is 0 Å². The third kappa shape index (κ3) is 1.67. The highest BCUT2D eigenvalue weighted by molar-refractivity contribution is 6.50. The molecular weight excluding hydrogens is 260 g/mol. The Bertz CT molecular complexity index is 671. The Kier molecular flexibility index (Phi) is 2.69. The van der Waals surface area contributed by atoms with Crippen molar-refractivity contribution in [1.29, 1.82) is 0 Å². The van der Waals surface area contributed by atoms with Gasteiger partial charge >= 0.3 is 0 Å². The van der Waals surface area contributed by atoms with E-state index in [4.69, 9.17) is 4.74 Å². The van der Waals surface area contributed by atoms with E-state index < -0.39 is 11.6 Å². The minimum Gasteiger partial charge on any atom is -0.507 e. The molecule has 5 heteroatoms. The number of hydrogen-bond acceptors (Lipinski definition) is 5. The lowest BCUT2D eigenvalue weighted by Gasteiger charge is -2.30. The second kappa shape index (κ2) is 4.18. The number of carbonyl (C=O) groups is 2. The maximum atomic E-state index is 11.9. The van der Waals surface area contributed by atoms with Gasteiger partial charge in [-0.1, -0.05) is 0 Å². The first kappa shape index (κ1) is 12.9. The van der Waals surface area contributed by atoms with E-state index in [9.17, 15) is 19.8 Å². The lowest BCUT2D eigenvalue weighted by molar-refractivity contribution is -0.111. The molecular formula is C15H14O5. The largest absolute Gasteiger partial charge is 0.507 e. The number of hydrogen-bond donors (Lipinski definition) is 2. The number of aliphatic hydroxyl groups is 1. The highest BCUT2D eigenvalue weighted by Gasteiger charge is 2.34. The van der Waals surface area contributed by atoms with Crippen molar-refractivity contribution >= 4 is 17.3 Å². The van der Waals surface area contributed by atoms with Gasteiger partial charge in [0.05, 0.1) is 17.8 Å². The summed E-state index contributed by atoms with van der Waals surface area (Å²) < 4.78 is 5.65. The van der Waals surface area contributed by atoms with E-state index in [0.29, 0.717) is 12.0 Å². The number of aliphatic hydroxyl groups excluding tert-OH is 1. The van der Waals surface area contributed by atoms with Gasteiger partial charge in [0, 0.05) is 17.2 Å². The summed E-state index contributed by atoms with van der Waals surface area (Å²) in [5, 5.41) is 20.2. The summed E-state index contributed by atoms with van der Waals surface area (Å²) in [6.07, 6.45) is 1.02. The summed E-state index contributed by atoms with van der Waals surface area (Å²) in [5.41, 5.74) is 1.44. The first-order chi connectivity index (χ1) is 9.40. The number of benzene rings is 1. The smallest absolute Gasteiger partial charge is 0.233 e. The molecule has 2 aliphatic rings. The Hall–Kier alpha value is -2.14. The molecule has 5 nitrogen and oxygen atoms in total. The topological polar surface area (TPSA) is 83.8 Å². The van der Waals surface area contributed by atoms with Gasteiger partial charge < -0.3 is 14.9 Å². The molecule has 0 bridgehead atoms. The summed E-state index contributed by atoms with van der Waals surface area (Å²) in [4.78, 5) is 23.4. The van der Waals surface area contributed by atoms with Crippen molar-refractivity contribution in [3.63, 3.8) is 0 Å². The van der Waals surface area contributed by atoms with Crippen LogP contribution in [-0.2, 0) is 16.0 Å². The number of Topliss-reactive ketones (excluding diaryl/α,β-unsaturated/α-hetero) is 1. The van der Waals surface area contributed by atoms with Crippen LogP contribution in [0.2, 0.25) is 0 Å². The van der Waals surface area contributed by atoms with Crippen molar-refractivity contribution in [2.45, 2.75) is 32.5 Å². The van der Waals surface area contributed by atoms with Crippen molar-refractivity contribution < 1.29 is 24.5 Å². The number of fused-ring (bicyclic) bond motifs is 2. The van der Waals surface area contributed by atoms with Gasteiger partial charge in [0.1, 0.15) is 11.5 Å². The zero-order valence-corrected chi connectivity index (χ0v) is 11.1. The zero-order chi connectivity index (χ0) is 14.6. The molecule has 1 aromatic carbocycles. The van der Waals surface area contributed by atoms with E-state index in [2.05, 4.69) is 0 Å². The van der Waals surface area contributed by atoms with E-state index >= 15 is 0 Å². The molecule has 0 saturated heterocycles. The Morgan fingerprint density at radius 3 is 2.65 bits per heavy atom. The van der Waals surface area contributed by atoms with Gasteiger partial charge in [0.15, 0.2) is 0 Å². The molecule has 104 valence electrons. The van der Waals surface area contributed by atoms with Crippen molar-refractivity contribution in [2.75, 3.05) is 0 Å². The quantitative estimate of drug-likeness (QED) is 0.708. The highest BCUT2D eigenvalue weighted by atomic mass is 16.5. The van der Waals surface area contributed by atoms with Gasteiger partial charge in [-0.05, 0) is 31.9 Å². The number of aromatic hydroxyl groups is 1. The number of allylic oxidation sites excluding steroid dienone is 1. The summed E-state index contributed by atoms with van der Waals surface area (Å²) in [6, 6.07) is 1.59. The van der Waals surface area contributed by atoms with Gasteiger partial charge in [0.2, 0.25) is 11.6 Å². The predicted octanol–water partition coefficient (Wildman–Crippen LogP) is 2.08. The van der Waals surface area contributed by atoms with Crippen LogP contribution in [0.15, 0.2) is 12.1 Å². The van der Waals surface area contributed by atoms with Gasteiger partial charge in [0.25, 0.3) is 0 Å². The number of carbonyl (C=O) groups excluding carboxylic acids is 2. The maximum Gasteiger partial charge on any atom is 0.233 e. The minimum atomic E-state index is -0.775. The lowest BCUT2D eigenvalue weighted by atomic mass is 9.84. The van der Waals surface area contributed by atoms with Crippen LogP contribution >= 0.6 is 0 Å². The standard InChI is InChI=1S/C15H14O5/c1-6-3-8-4-9-13(10(16)5-11(17)14(9)18)15(19)12(8)7(2)20-6/h4-7,16,19H,3H2,1-2H3/t6-,7+/m0/s1. The lowest BCUT2D eigenvalue weighted by Crippen LogP contribution is -2.25. The summed E-state index contributed by atoms with van der Waals surface area (Å²) in [5.74, 6) is -2.03. The Balaban J connectivity index is 2.30. The first-order valence-electron chi connectivity index (χ1n) is 6.44. The number of ketones is 2. The van der Waals surface area contributed by atoms with E-state index in [1.54, 1.807) is 13.0 Å². The molecule has 0 aromatic heterocycles. The normalized spacial score (nSPS) is 25.0. The van der Waals surface area contributed by atoms with Gasteiger partial charge in [-0.25, -0.2) is 0 Å². The molecule has 3 rings (SSSR count). The van der Waals surface area contributed by atoms with Crippen molar-refractivity contribution in [3.8, 4) is 5.75 Å². The van der Waals surface area contributed by atoms with Crippen LogP contribution < -0.4 is 0 Å². The van der Waals surface area contributed by atoms with E-state index in [1.807, 2.05) is 6.92 Å². The van der Waals surface area contributed by atoms with Gasteiger partial charge in [-0.2, -0.15) is 0 Å². The van der Waals surface area contributed by atoms with Crippen LogP contribution in [0.1, 0.15) is 47.0 Å². The monoisotopic (exact) mass is 274 g/mol. The number of phenolic OH excluding ortho intramolecular Hbond substituents is 1. The van der Waals surface area contributed by atoms with E-state index in [-0.39, 0.29) is 34.8 Å². The highest BCUT2D eigenvalue weighted by Crippen LogP contribution is 2.43. The molecule has 20 heavy (non-hydrogen) atoms. The fourth-order valence-corrected chi connectivity index (χ4v) is 2.97. The number of phenols is 1. The SMILES string of the molecule is C[C@H]1Cc2cc3c(c(O)c2[C@@H](C)O1)C(O)=CC(=O)C3=O. The number of ether oxygens (including phenoxy) is 1. The van der Waals surface area contributed by atoms with Gasteiger partial charge in [-0.3, -0.25) is 9.59 Å². The van der Waals surface area contributed by atoms with E-state index in [0.717, 1.165) is 11.6 Å². The summed E-state index contributed by atoms with van der Waals surface area (Å²) in [6.45, 7) is 3.71. The average molecular weight is 274 g/mol. The molecule has 2 atom stereocenters. The fraction of sp³-hybridized carbons (Fsp3) is 0.333. The third-order valence-electron chi connectivity index (χ3n) is 3.77. The van der Waals surface area contributed by atoms with Crippen molar-refractivity contribution in [1.82, 2.24) is 0 Å². The predicted molar refractivity (Wildman–Crippen MR) is 70.7 cm³/mol. The Morgan fingerprint density at radius 1 is 1.25 bits per heavy atom. The molecule has 0 saturated carbocycles. The van der Waals surface area contributed by atoms with E-state index in [1.165, 1.54) is 0 Å². The van der Waals surface area contributed by atoms with Crippen LogP contribution in [0, 0.1) is 0 Å². The zero-order valence-electron chi connectivity index (χ0n) is 11.1. The third-order valence-corrected chi connectivity index (χ3v) is 3.77. The van der Waals surface area contributed by atoms with Gasteiger partial charge in [-0.15, -0.1) is 0 Å². The molecule has 0 spiro atoms. The van der Waals surface area contributed by atoms with Crippen LogP contribution in [-0.4, -0.2) is 27.9 Å². The van der Waals surface area contributed by atoms with Crippen molar-refractivity contribution in [3.05, 3.63) is 34.4 Å². The van der Waals surface area contributed by atoms with Crippen LogP contribution in [0.4, 0.5) is 0 Å². The maximum absolute atomic E-state index is 11.9. The molecule has 0 radical (unpaired) electrons. The Labute approximate surface area is 115 Å². The molecule has 1 aromatic rings. The van der Waals surface area contributed by atoms with Crippen LogP contribution in [0.25, 0.3) is 5.76 Å². The number of rotatable bonds is 0. The molecule has 1 aliphatic heterocycles. The second-order valence-electron chi connectivity index (χ2n) is 5.24. The fourth-order valence-electron chi connectivity index (χ4n) is 2.97. The Morgan fingerprint density at radius 2 is 1.95 bits per heavy atom. The summed E-state index contributed by atoms with van der Waals surface area (Å²) in [7, 11) is 0. The molecule has 2 N–H and O–H groups in total. The second-order valence-corrected chi connectivity index (χ2v) is 5.24. The molecule has 1 heterocycles. The first-order valence-corrected chi connectivity index (χ1v) is 6.44. The minimum absolute atomic E-state index is 0.0263. The molecule has 0 amide bonds. The summed E-state index contributed by atoms with van der Waals surface area (Å²) >= 11 is 0. The average Bonchev–Trinajstić information content (AvgIpc) is 2.34. The molecule has 1 aliphatic carbocycles. The molecule has 0 unspecified atom stereocenters.